The topological polar surface area (TPSA) is 46.2 Å². The van der Waals surface area contributed by atoms with Crippen molar-refractivity contribution in [2.45, 2.75) is 19.4 Å². The molecule has 0 radical (unpaired) electrons. The zero-order valence-electron chi connectivity index (χ0n) is 7.22. The Labute approximate surface area is 90.8 Å². The molecule has 0 aromatic heterocycles. The molecule has 3 N–H and O–H groups in total. The van der Waals surface area contributed by atoms with Gasteiger partial charge in [0.15, 0.2) is 0 Å². The normalized spacial score (nSPS) is 12.9. The van der Waals surface area contributed by atoms with E-state index < -0.39 is 0 Å². The Hall–Kier alpha value is -0.250. The van der Waals surface area contributed by atoms with Crippen LogP contribution < -0.4 is 5.73 Å². The van der Waals surface area contributed by atoms with E-state index in [2.05, 4.69) is 15.9 Å². The van der Waals surface area contributed by atoms with Gasteiger partial charge in [0.2, 0.25) is 0 Å². The van der Waals surface area contributed by atoms with Crippen LogP contribution in [0.1, 0.15) is 24.9 Å². The molecule has 0 spiro atoms. The number of benzene rings is 1. The van der Waals surface area contributed by atoms with Crippen molar-refractivity contribution in [2.24, 2.45) is 5.73 Å². The molecule has 2 nitrogen and oxygen atoms in total. The molecule has 0 aliphatic rings. The van der Waals surface area contributed by atoms with Gasteiger partial charge in [0.05, 0.1) is 5.02 Å². The van der Waals surface area contributed by atoms with Crippen LogP contribution in [0.5, 0.6) is 5.75 Å². The van der Waals surface area contributed by atoms with Crippen LogP contribution in [-0.4, -0.2) is 5.11 Å². The average Bonchev–Trinajstić information content (AvgIpc) is 2.12. The fraction of sp³-hybridized carbons (Fsp3) is 0.333. The summed E-state index contributed by atoms with van der Waals surface area (Å²) in [6.45, 7) is 1.96. The van der Waals surface area contributed by atoms with Crippen molar-refractivity contribution >= 4 is 27.5 Å². The highest BCUT2D eigenvalue weighted by Gasteiger charge is 2.15. The van der Waals surface area contributed by atoms with Crippen LogP contribution in [0, 0.1) is 0 Å². The summed E-state index contributed by atoms with van der Waals surface area (Å²) in [6, 6.07) is 3.23. The first-order valence-corrected chi connectivity index (χ1v) is 5.17. The fourth-order valence-corrected chi connectivity index (χ4v) is 1.89. The lowest BCUT2D eigenvalue weighted by Crippen LogP contribution is -2.09. The van der Waals surface area contributed by atoms with Crippen LogP contribution in [-0.2, 0) is 0 Å². The largest absolute Gasteiger partial charge is 0.506 e. The molecule has 0 aliphatic heterocycles. The Morgan fingerprint density at radius 1 is 1.62 bits per heavy atom. The minimum Gasteiger partial charge on any atom is -0.506 e. The molecule has 1 aromatic carbocycles. The summed E-state index contributed by atoms with van der Waals surface area (Å²) >= 11 is 9.08. The third-order valence-electron chi connectivity index (χ3n) is 1.93. The van der Waals surface area contributed by atoms with Gasteiger partial charge in [0.25, 0.3) is 0 Å². The first-order chi connectivity index (χ1) is 6.07. The molecule has 0 amide bonds. The van der Waals surface area contributed by atoms with Crippen molar-refractivity contribution in [3.63, 3.8) is 0 Å². The van der Waals surface area contributed by atoms with E-state index in [0.717, 1.165) is 10.9 Å². The highest BCUT2D eigenvalue weighted by atomic mass is 79.9. The van der Waals surface area contributed by atoms with Crippen molar-refractivity contribution < 1.29 is 5.11 Å². The molecule has 4 heteroatoms. The zero-order chi connectivity index (χ0) is 10.0. The van der Waals surface area contributed by atoms with Crippen LogP contribution in [0.3, 0.4) is 0 Å². The van der Waals surface area contributed by atoms with Gasteiger partial charge in [-0.05, 0) is 18.6 Å². The maximum Gasteiger partial charge on any atom is 0.140 e. The summed E-state index contributed by atoms with van der Waals surface area (Å²) in [7, 11) is 0. The monoisotopic (exact) mass is 263 g/mol. The second kappa shape index (κ2) is 4.31. The Morgan fingerprint density at radius 2 is 2.23 bits per heavy atom. The lowest BCUT2D eigenvalue weighted by molar-refractivity contribution is 0.459. The van der Waals surface area contributed by atoms with E-state index >= 15 is 0 Å². The second-order valence-corrected chi connectivity index (χ2v) is 4.07. The number of hydrogen-bond acceptors (Lipinski definition) is 2. The van der Waals surface area contributed by atoms with Crippen LogP contribution >= 0.6 is 27.5 Å². The molecule has 0 saturated carbocycles. The predicted octanol–water partition coefficient (Wildman–Crippen LogP) is 3.22. The lowest BCUT2D eigenvalue weighted by atomic mass is 10.0. The predicted molar refractivity (Wildman–Crippen MR) is 58.0 cm³/mol. The fourth-order valence-electron chi connectivity index (χ4n) is 1.11. The molecular formula is C9H11BrClNO. The van der Waals surface area contributed by atoms with E-state index in [9.17, 15) is 5.11 Å². The Morgan fingerprint density at radius 3 is 2.77 bits per heavy atom. The first kappa shape index (κ1) is 10.8. The van der Waals surface area contributed by atoms with E-state index in [1.54, 1.807) is 12.1 Å². The summed E-state index contributed by atoms with van der Waals surface area (Å²) in [6.07, 6.45) is 0.756. The van der Waals surface area contributed by atoms with Gasteiger partial charge in [-0.25, -0.2) is 0 Å². The minimum atomic E-state index is -0.187. The van der Waals surface area contributed by atoms with Gasteiger partial charge in [0.1, 0.15) is 5.75 Å². The van der Waals surface area contributed by atoms with Crippen molar-refractivity contribution in [3.05, 3.63) is 27.2 Å². The molecule has 1 rings (SSSR count). The number of nitrogens with two attached hydrogens (primary N) is 1. The van der Waals surface area contributed by atoms with Gasteiger partial charge in [-0.2, -0.15) is 0 Å². The number of aromatic hydroxyl groups is 1. The van der Waals surface area contributed by atoms with Crippen molar-refractivity contribution in [3.8, 4) is 5.75 Å². The third-order valence-corrected chi connectivity index (χ3v) is 2.92. The summed E-state index contributed by atoms with van der Waals surface area (Å²) < 4.78 is 0.795. The lowest BCUT2D eigenvalue weighted by Gasteiger charge is -2.14. The molecule has 1 aromatic rings. The van der Waals surface area contributed by atoms with Gasteiger partial charge < -0.3 is 10.8 Å². The maximum atomic E-state index is 9.64. The van der Waals surface area contributed by atoms with Crippen LogP contribution in [0.4, 0.5) is 0 Å². The maximum absolute atomic E-state index is 9.64. The third kappa shape index (κ3) is 2.16. The Bertz CT molecular complexity index is 317. The summed E-state index contributed by atoms with van der Waals surface area (Å²) in [5.41, 5.74) is 6.49. The van der Waals surface area contributed by atoms with E-state index in [-0.39, 0.29) is 11.8 Å². The molecule has 1 atom stereocenters. The zero-order valence-corrected chi connectivity index (χ0v) is 9.56. The van der Waals surface area contributed by atoms with Crippen LogP contribution in [0.2, 0.25) is 5.02 Å². The molecule has 0 unspecified atom stereocenters. The standard InChI is InChI=1S/C9H11BrClNO/c1-2-7(12)8-5(10)3-4-6(11)9(8)13/h3-4,7,13H,2,12H2,1H3/t7-/m1/s1. The van der Waals surface area contributed by atoms with E-state index in [1.165, 1.54) is 0 Å². The van der Waals surface area contributed by atoms with Gasteiger partial charge in [-0.1, -0.05) is 34.5 Å². The average molecular weight is 265 g/mol. The first-order valence-electron chi connectivity index (χ1n) is 4.00. The molecule has 0 saturated heterocycles. The number of phenols is 1. The van der Waals surface area contributed by atoms with Crippen molar-refractivity contribution in [1.29, 1.82) is 0 Å². The Balaban J connectivity index is 3.25. The van der Waals surface area contributed by atoms with E-state index in [0.29, 0.717) is 10.6 Å². The molecular weight excluding hydrogens is 253 g/mol. The number of hydrogen-bond donors (Lipinski definition) is 2. The van der Waals surface area contributed by atoms with Gasteiger partial charge in [-0.3, -0.25) is 0 Å². The quantitative estimate of drug-likeness (QED) is 0.861. The van der Waals surface area contributed by atoms with Crippen LogP contribution in [0.25, 0.3) is 0 Å². The van der Waals surface area contributed by atoms with E-state index in [4.69, 9.17) is 17.3 Å². The van der Waals surface area contributed by atoms with Gasteiger partial charge in [-0.15, -0.1) is 0 Å². The van der Waals surface area contributed by atoms with E-state index in [1.807, 2.05) is 6.92 Å². The summed E-state index contributed by atoms with van der Waals surface area (Å²) in [5.74, 6) is 0.0744. The molecule has 0 aliphatic carbocycles. The molecule has 13 heavy (non-hydrogen) atoms. The number of halogens is 2. The van der Waals surface area contributed by atoms with Gasteiger partial charge in [0, 0.05) is 16.1 Å². The summed E-state index contributed by atoms with van der Waals surface area (Å²) in [5, 5.41) is 9.97. The number of phenolic OH excluding ortho intramolecular Hbond substituents is 1. The van der Waals surface area contributed by atoms with Crippen molar-refractivity contribution in [2.75, 3.05) is 0 Å². The summed E-state index contributed by atoms with van der Waals surface area (Å²) in [4.78, 5) is 0. The van der Waals surface area contributed by atoms with Gasteiger partial charge >= 0.3 is 0 Å². The molecule has 0 bridgehead atoms. The molecule has 0 fully saturated rings. The smallest absolute Gasteiger partial charge is 0.140 e. The van der Waals surface area contributed by atoms with Crippen molar-refractivity contribution in [1.82, 2.24) is 0 Å². The Kier molecular flexibility index (Phi) is 3.59. The minimum absolute atomic E-state index is 0.0744. The molecule has 72 valence electrons. The molecule has 0 heterocycles. The van der Waals surface area contributed by atoms with Crippen LogP contribution in [0.15, 0.2) is 16.6 Å². The number of rotatable bonds is 2. The highest BCUT2D eigenvalue weighted by molar-refractivity contribution is 9.10. The second-order valence-electron chi connectivity index (χ2n) is 2.81. The SMILES string of the molecule is CC[C@@H](N)c1c(Br)ccc(Cl)c1O. The highest BCUT2D eigenvalue weighted by Crippen LogP contribution is 2.37.